The molecular formula is C12H17F3N2O. The fraction of sp³-hybridized carbons (Fsp3) is 0.500. The predicted molar refractivity (Wildman–Crippen MR) is 63.5 cm³/mol. The number of nitrogens with one attached hydrogen (secondary N) is 1. The van der Waals surface area contributed by atoms with Gasteiger partial charge >= 0.3 is 6.36 Å². The summed E-state index contributed by atoms with van der Waals surface area (Å²) in [6, 6.07) is 5.97. The minimum Gasteiger partial charge on any atom is -0.406 e. The van der Waals surface area contributed by atoms with Crippen molar-refractivity contribution in [3.8, 4) is 5.75 Å². The molecule has 1 rings (SSSR count). The lowest BCUT2D eigenvalue weighted by Gasteiger charge is -2.21. The molecule has 0 aliphatic heterocycles. The third-order valence-electron chi connectivity index (χ3n) is 2.39. The maximum Gasteiger partial charge on any atom is 0.573 e. The number of alkyl halides is 3. The molecule has 0 radical (unpaired) electrons. The van der Waals surface area contributed by atoms with Crippen LogP contribution in [-0.2, 0) is 0 Å². The van der Waals surface area contributed by atoms with Crippen LogP contribution < -0.4 is 10.1 Å². The van der Waals surface area contributed by atoms with Gasteiger partial charge in [-0.1, -0.05) is 12.1 Å². The Balaban J connectivity index is 2.86. The van der Waals surface area contributed by atoms with E-state index < -0.39 is 6.36 Å². The molecule has 0 saturated heterocycles. The first-order chi connectivity index (χ1) is 8.31. The van der Waals surface area contributed by atoms with Gasteiger partial charge in [-0.05, 0) is 38.8 Å². The number of rotatable bonds is 5. The molecule has 102 valence electrons. The Morgan fingerprint density at radius 1 is 1.33 bits per heavy atom. The molecule has 1 unspecified atom stereocenters. The van der Waals surface area contributed by atoms with Crippen LogP contribution in [0, 0.1) is 0 Å². The summed E-state index contributed by atoms with van der Waals surface area (Å²) in [5.41, 5.74) is 0.757. The van der Waals surface area contributed by atoms with Crippen LogP contribution in [0.25, 0.3) is 0 Å². The van der Waals surface area contributed by atoms with Gasteiger partial charge in [0.1, 0.15) is 5.75 Å². The first-order valence-corrected chi connectivity index (χ1v) is 5.49. The molecule has 0 heterocycles. The number of halogens is 3. The van der Waals surface area contributed by atoms with E-state index in [1.165, 1.54) is 12.1 Å². The maximum atomic E-state index is 12.1. The van der Waals surface area contributed by atoms with E-state index in [-0.39, 0.29) is 11.8 Å². The van der Waals surface area contributed by atoms with E-state index in [4.69, 9.17) is 0 Å². The van der Waals surface area contributed by atoms with Crippen molar-refractivity contribution in [3.05, 3.63) is 29.8 Å². The fourth-order valence-corrected chi connectivity index (χ4v) is 1.66. The van der Waals surface area contributed by atoms with Crippen LogP contribution in [0.2, 0.25) is 0 Å². The molecule has 0 aliphatic carbocycles. The highest BCUT2D eigenvalue weighted by atomic mass is 19.4. The van der Waals surface area contributed by atoms with E-state index in [1.54, 1.807) is 19.2 Å². The summed E-state index contributed by atoms with van der Waals surface area (Å²) in [7, 11) is 5.58. The van der Waals surface area contributed by atoms with Gasteiger partial charge in [-0.3, -0.25) is 0 Å². The second-order valence-electron chi connectivity index (χ2n) is 4.22. The predicted octanol–water partition coefficient (Wildman–Crippen LogP) is 2.41. The average molecular weight is 262 g/mol. The van der Waals surface area contributed by atoms with E-state index in [1.807, 2.05) is 19.0 Å². The largest absolute Gasteiger partial charge is 0.573 e. The minimum atomic E-state index is -4.66. The van der Waals surface area contributed by atoms with Gasteiger partial charge in [0, 0.05) is 12.6 Å². The normalized spacial score (nSPS) is 13.7. The van der Waals surface area contributed by atoms with Gasteiger partial charge < -0.3 is 15.0 Å². The third-order valence-corrected chi connectivity index (χ3v) is 2.39. The Morgan fingerprint density at radius 2 is 2.00 bits per heavy atom. The molecule has 1 N–H and O–H groups in total. The number of hydrogen-bond acceptors (Lipinski definition) is 3. The zero-order valence-corrected chi connectivity index (χ0v) is 10.6. The first kappa shape index (κ1) is 14.8. The summed E-state index contributed by atoms with van der Waals surface area (Å²) in [5.74, 6) is -0.195. The molecule has 18 heavy (non-hydrogen) atoms. The van der Waals surface area contributed by atoms with Crippen molar-refractivity contribution in [2.75, 3.05) is 27.7 Å². The van der Waals surface area contributed by atoms with Crippen LogP contribution >= 0.6 is 0 Å². The molecule has 1 aromatic carbocycles. The zero-order valence-electron chi connectivity index (χ0n) is 10.6. The van der Waals surface area contributed by atoms with Crippen LogP contribution in [0.3, 0.4) is 0 Å². The van der Waals surface area contributed by atoms with Gasteiger partial charge in [-0.15, -0.1) is 13.2 Å². The van der Waals surface area contributed by atoms with Gasteiger partial charge in [-0.2, -0.15) is 0 Å². The van der Waals surface area contributed by atoms with Crippen molar-refractivity contribution in [2.45, 2.75) is 12.4 Å². The van der Waals surface area contributed by atoms with E-state index in [2.05, 4.69) is 10.1 Å². The molecule has 0 amide bonds. The highest BCUT2D eigenvalue weighted by molar-refractivity contribution is 5.31. The van der Waals surface area contributed by atoms with Gasteiger partial charge in [0.05, 0.1) is 0 Å². The second kappa shape index (κ2) is 6.06. The molecule has 1 aromatic rings. The lowest BCUT2D eigenvalue weighted by Crippen LogP contribution is -2.28. The van der Waals surface area contributed by atoms with Gasteiger partial charge in [-0.25, -0.2) is 0 Å². The van der Waals surface area contributed by atoms with E-state index in [0.717, 1.165) is 5.56 Å². The molecule has 0 fully saturated rings. The number of ether oxygens (including phenoxy) is 1. The van der Waals surface area contributed by atoms with Gasteiger partial charge in [0.25, 0.3) is 0 Å². The molecular weight excluding hydrogens is 245 g/mol. The first-order valence-electron chi connectivity index (χ1n) is 5.49. The van der Waals surface area contributed by atoms with E-state index in [0.29, 0.717) is 6.54 Å². The highest BCUT2D eigenvalue weighted by Crippen LogP contribution is 2.25. The van der Waals surface area contributed by atoms with Crippen LogP contribution in [0.1, 0.15) is 11.6 Å². The Morgan fingerprint density at radius 3 is 2.50 bits per heavy atom. The standard InChI is InChI=1S/C12H17F3N2O/c1-16-11(8-17(2)3)9-5-4-6-10(7-9)18-12(13,14)15/h4-7,11,16H,8H2,1-3H3. The summed E-state index contributed by atoms with van der Waals surface area (Å²) in [4.78, 5) is 1.96. The molecule has 0 spiro atoms. The summed E-state index contributed by atoms with van der Waals surface area (Å²) < 4.78 is 40.3. The van der Waals surface area contributed by atoms with Crippen molar-refractivity contribution in [3.63, 3.8) is 0 Å². The minimum absolute atomic E-state index is 0.0446. The van der Waals surface area contributed by atoms with Gasteiger partial charge in [0.15, 0.2) is 0 Å². The van der Waals surface area contributed by atoms with Crippen molar-refractivity contribution in [1.82, 2.24) is 10.2 Å². The molecule has 0 aliphatic rings. The monoisotopic (exact) mass is 262 g/mol. The number of nitrogens with zero attached hydrogens (tertiary/aromatic N) is 1. The van der Waals surface area contributed by atoms with Gasteiger partial charge in [0.2, 0.25) is 0 Å². The van der Waals surface area contributed by atoms with Crippen molar-refractivity contribution in [1.29, 1.82) is 0 Å². The van der Waals surface area contributed by atoms with Crippen LogP contribution in [0.15, 0.2) is 24.3 Å². The second-order valence-corrected chi connectivity index (χ2v) is 4.22. The third kappa shape index (κ3) is 4.93. The maximum absolute atomic E-state index is 12.1. The molecule has 3 nitrogen and oxygen atoms in total. The van der Waals surface area contributed by atoms with E-state index in [9.17, 15) is 13.2 Å². The lowest BCUT2D eigenvalue weighted by atomic mass is 10.1. The SMILES string of the molecule is CNC(CN(C)C)c1cccc(OC(F)(F)F)c1. The summed E-state index contributed by atoms with van der Waals surface area (Å²) in [6.07, 6.45) is -4.66. The molecule has 0 aromatic heterocycles. The zero-order chi connectivity index (χ0) is 13.8. The van der Waals surface area contributed by atoms with Crippen LogP contribution in [-0.4, -0.2) is 39.0 Å². The molecule has 6 heteroatoms. The van der Waals surface area contributed by atoms with E-state index >= 15 is 0 Å². The average Bonchev–Trinajstić information content (AvgIpc) is 2.23. The van der Waals surface area contributed by atoms with Crippen molar-refractivity contribution >= 4 is 0 Å². The fourth-order valence-electron chi connectivity index (χ4n) is 1.66. The number of hydrogen-bond donors (Lipinski definition) is 1. The van der Waals surface area contributed by atoms with Crippen LogP contribution in [0.4, 0.5) is 13.2 Å². The summed E-state index contributed by atoms with van der Waals surface area (Å²) in [6.45, 7) is 0.686. The quantitative estimate of drug-likeness (QED) is 0.882. The Kier molecular flexibility index (Phi) is 4.98. The highest BCUT2D eigenvalue weighted by Gasteiger charge is 2.31. The van der Waals surface area contributed by atoms with Crippen LogP contribution in [0.5, 0.6) is 5.75 Å². The summed E-state index contributed by atoms with van der Waals surface area (Å²) in [5, 5.41) is 3.06. The smallest absolute Gasteiger partial charge is 0.406 e. The molecule has 0 saturated carbocycles. The van der Waals surface area contributed by atoms with Crippen molar-refractivity contribution < 1.29 is 17.9 Å². The lowest BCUT2D eigenvalue weighted by molar-refractivity contribution is -0.274. The summed E-state index contributed by atoms with van der Waals surface area (Å²) >= 11 is 0. The Hall–Kier alpha value is -1.27. The number of likely N-dealkylation sites (N-methyl/N-ethyl adjacent to an activating group) is 2. The number of benzene rings is 1. The molecule has 1 atom stereocenters. The van der Waals surface area contributed by atoms with Crippen molar-refractivity contribution in [2.24, 2.45) is 0 Å². The Bertz CT molecular complexity index is 380. The molecule has 0 bridgehead atoms. The topological polar surface area (TPSA) is 24.5 Å². The Labute approximate surface area is 105 Å².